The number of amides is 4. The number of hydrogen-bond donors (Lipinski definition) is 3. The quantitative estimate of drug-likeness (QED) is 0.0336. The van der Waals surface area contributed by atoms with Crippen LogP contribution in [-0.2, 0) is 63.7 Å². The predicted molar refractivity (Wildman–Crippen MR) is 292 cm³/mol. The number of halogens is 1. The van der Waals surface area contributed by atoms with Gasteiger partial charge >= 0.3 is 12.1 Å². The Balaban J connectivity index is 1.28. The van der Waals surface area contributed by atoms with E-state index in [0.717, 1.165) is 28.4 Å². The molecular formula is C51H76ClN5O15S3. The maximum atomic E-state index is 14.3. The summed E-state index contributed by atoms with van der Waals surface area (Å²) in [6.45, 7) is 8.47. The number of alkyl carbamates (subject to hydrolysis) is 1. The van der Waals surface area contributed by atoms with Gasteiger partial charge in [0.15, 0.2) is 18.1 Å². The van der Waals surface area contributed by atoms with Crippen molar-refractivity contribution in [3.63, 3.8) is 0 Å². The largest absolute Gasteiger partial charge is 0.495 e. The van der Waals surface area contributed by atoms with Gasteiger partial charge in [-0.3, -0.25) is 24.5 Å². The van der Waals surface area contributed by atoms with E-state index in [1.54, 1.807) is 68.7 Å². The second kappa shape index (κ2) is 31.4. The van der Waals surface area contributed by atoms with Gasteiger partial charge in [-0.25, -0.2) is 9.59 Å². The number of esters is 1. The maximum absolute atomic E-state index is 14.3. The van der Waals surface area contributed by atoms with Gasteiger partial charge < -0.3 is 58.2 Å². The number of benzene rings is 1. The Morgan fingerprint density at radius 1 is 1.07 bits per heavy atom. The number of anilines is 1. The molecule has 20 nitrogen and oxygen atoms in total. The predicted octanol–water partition coefficient (Wildman–Crippen LogP) is 5.24. The Kier molecular flexibility index (Phi) is 26.5. The van der Waals surface area contributed by atoms with Crippen LogP contribution in [0.25, 0.3) is 0 Å². The summed E-state index contributed by atoms with van der Waals surface area (Å²) in [5.41, 5.74) is -0.201. The Bertz CT molecular complexity index is 2200. The summed E-state index contributed by atoms with van der Waals surface area (Å²) >= 11 is 11.4. The van der Waals surface area contributed by atoms with Crippen LogP contribution < -0.4 is 20.3 Å². The Labute approximate surface area is 458 Å². The maximum Gasteiger partial charge on any atom is 0.409 e. The lowest BCUT2D eigenvalue weighted by atomic mass is 9.83. The number of nitrogens with one attached hydrogen (secondary N) is 2. The first-order valence-electron chi connectivity index (χ1n) is 24.7. The van der Waals surface area contributed by atoms with E-state index in [1.807, 2.05) is 25.5 Å². The molecule has 3 heterocycles. The van der Waals surface area contributed by atoms with Crippen molar-refractivity contribution in [1.82, 2.24) is 15.5 Å². The number of epoxide rings is 1. The molecular weight excluding hydrogens is 1050 g/mol. The zero-order valence-corrected chi connectivity index (χ0v) is 48.0. The number of oxime groups is 1. The Morgan fingerprint density at radius 3 is 2.45 bits per heavy atom. The number of fused-ring (bicyclic) bond motifs is 5. The normalized spacial score (nSPS) is 25.3. The molecule has 0 radical (unpaired) electrons. The zero-order chi connectivity index (χ0) is 55.3. The van der Waals surface area contributed by atoms with Crippen molar-refractivity contribution in [1.29, 1.82) is 0 Å². The van der Waals surface area contributed by atoms with Gasteiger partial charge in [-0.1, -0.05) is 47.5 Å². The van der Waals surface area contributed by atoms with E-state index in [1.165, 1.54) is 49.8 Å². The molecule has 0 aliphatic carbocycles. The van der Waals surface area contributed by atoms with Crippen LogP contribution in [0.4, 0.5) is 10.5 Å². The molecule has 1 aromatic rings. The lowest BCUT2D eigenvalue weighted by Gasteiger charge is -2.42. The Hall–Kier alpha value is -4.07. The van der Waals surface area contributed by atoms with Crippen LogP contribution in [0.5, 0.6) is 5.75 Å². The molecule has 4 amide bonds. The molecule has 3 N–H and O–H groups in total. The lowest BCUT2D eigenvalue weighted by molar-refractivity contribution is -0.162. The summed E-state index contributed by atoms with van der Waals surface area (Å²) in [4.78, 5) is 87.0. The van der Waals surface area contributed by atoms with Crippen LogP contribution in [0.15, 0.2) is 41.1 Å². The number of thioether (sulfide) groups is 3. The third kappa shape index (κ3) is 19.4. The van der Waals surface area contributed by atoms with Crippen molar-refractivity contribution in [3.05, 3.63) is 46.5 Å². The topological polar surface area (TPSA) is 243 Å². The highest BCUT2D eigenvalue weighted by molar-refractivity contribution is 8.00. The SMILES string of the molecule is COc1cc2cc(c1Cl)N(C)C(=O)C[C@H](OC(=O)[C@H](C)N(C)C(=O)CCSCC(=O)NCCOCCOCCCC(=O)CON=C(CSC)CSC)[C@]1(C)O[C@H]1C(C)[C@@H]1C[C@@](O)(NC(=O)O1)[C@H](OC)/C=C/C=C(\C)C2. The number of hydrogen-bond acceptors (Lipinski definition) is 19. The molecule has 0 saturated carbocycles. The minimum absolute atomic E-state index is 0.0238. The molecule has 4 bridgehead atoms. The molecule has 8 atom stereocenters. The molecule has 2 fully saturated rings. The van der Waals surface area contributed by atoms with Crippen LogP contribution in [0, 0.1) is 5.92 Å². The van der Waals surface area contributed by atoms with E-state index >= 15 is 0 Å². The number of aliphatic hydroxyl groups is 1. The van der Waals surface area contributed by atoms with Crippen LogP contribution >= 0.6 is 46.9 Å². The van der Waals surface area contributed by atoms with Gasteiger partial charge in [-0.05, 0) is 63.8 Å². The number of carbonyl (C=O) groups is 6. The van der Waals surface area contributed by atoms with Gasteiger partial charge in [0.2, 0.25) is 17.7 Å². The number of carbonyl (C=O) groups excluding carboxylic acids is 6. The van der Waals surface area contributed by atoms with E-state index in [0.29, 0.717) is 56.3 Å². The molecule has 4 rings (SSSR count). The van der Waals surface area contributed by atoms with Crippen molar-refractivity contribution in [3.8, 4) is 5.75 Å². The summed E-state index contributed by atoms with van der Waals surface area (Å²) in [7, 11) is 5.92. The standard InChI is InChI=1S/C51H76ClN5O15S3/c1-32-13-11-15-41(66-8)51(64)27-40(70-49(63)54-51)33(2)47-50(4,72-47)42(26-45(61)57(6)38-24-35(23-32)25-39(65-7)46(38)52)71-48(62)34(3)56(5)44(60)16-22-75-31-43(59)53-17-19-68-21-20-67-18-12-14-37(58)28-69-55-36(29-73-9)30-74-10/h11,13,15,24-25,33-34,40-42,47,64H,12,14,16-23,26-31H2,1-10H3,(H,53,59)(H,54,63)/b15-11+,32-13+/t33?,34-,40-,41+,42-,47-,50-,51-/m0/s1. The number of allylic oxidation sites excluding steroid dienone is 3. The first kappa shape index (κ1) is 63.5. The van der Waals surface area contributed by atoms with Crippen molar-refractivity contribution in [2.75, 3.05) is 108 Å². The zero-order valence-electron chi connectivity index (χ0n) is 44.8. The van der Waals surface area contributed by atoms with E-state index < -0.39 is 65.7 Å². The van der Waals surface area contributed by atoms with Gasteiger partial charge in [0.25, 0.3) is 0 Å². The second-order valence-electron chi connectivity index (χ2n) is 18.7. The summed E-state index contributed by atoms with van der Waals surface area (Å²) in [5, 5.41) is 21.4. The average molecular weight is 1130 g/mol. The number of Topliss-reactive ketones (excluding diaryl/α,β-unsaturated/α-hetero) is 1. The molecule has 3 aliphatic heterocycles. The molecule has 0 spiro atoms. The van der Waals surface area contributed by atoms with E-state index in [2.05, 4.69) is 15.8 Å². The van der Waals surface area contributed by atoms with Crippen molar-refractivity contribution >= 4 is 93.9 Å². The molecule has 1 aromatic carbocycles. The summed E-state index contributed by atoms with van der Waals surface area (Å²) in [5.74, 6) is -0.225. The molecule has 75 heavy (non-hydrogen) atoms. The average Bonchev–Trinajstić information content (AvgIpc) is 4.07. The highest BCUT2D eigenvalue weighted by Crippen LogP contribution is 2.49. The van der Waals surface area contributed by atoms with Crippen LogP contribution in [0.2, 0.25) is 5.02 Å². The van der Waals surface area contributed by atoms with E-state index in [4.69, 9.17) is 49.6 Å². The van der Waals surface area contributed by atoms with Crippen molar-refractivity contribution in [2.45, 2.75) is 108 Å². The summed E-state index contributed by atoms with van der Waals surface area (Å²) < 4.78 is 40.5. The summed E-state index contributed by atoms with van der Waals surface area (Å²) in [6, 6.07) is 2.46. The van der Waals surface area contributed by atoms with Gasteiger partial charge in [-0.2, -0.15) is 35.3 Å². The second-order valence-corrected chi connectivity index (χ2v) is 21.9. The van der Waals surface area contributed by atoms with Crippen LogP contribution in [-0.4, -0.2) is 196 Å². The first-order chi connectivity index (χ1) is 35.7. The van der Waals surface area contributed by atoms with Gasteiger partial charge in [-0.15, -0.1) is 0 Å². The van der Waals surface area contributed by atoms with E-state index in [-0.39, 0.29) is 67.4 Å². The highest BCUT2D eigenvalue weighted by atomic mass is 35.5. The summed E-state index contributed by atoms with van der Waals surface area (Å²) in [6.07, 6.45) is 5.43. The fourth-order valence-electron chi connectivity index (χ4n) is 8.42. The van der Waals surface area contributed by atoms with Gasteiger partial charge in [0.05, 0.1) is 56.6 Å². The highest BCUT2D eigenvalue weighted by Gasteiger charge is 2.64. The molecule has 420 valence electrons. The molecule has 2 saturated heterocycles. The van der Waals surface area contributed by atoms with E-state index in [9.17, 15) is 33.9 Å². The monoisotopic (exact) mass is 1130 g/mol. The fraction of sp³-hybridized carbons (Fsp3) is 0.667. The third-order valence-corrected chi connectivity index (χ3v) is 15.5. The minimum Gasteiger partial charge on any atom is -0.495 e. The number of methoxy groups -OCH3 is 2. The van der Waals surface area contributed by atoms with Crippen LogP contribution in [0.3, 0.4) is 0 Å². The minimum atomic E-state index is -1.87. The number of rotatable bonds is 27. The van der Waals surface area contributed by atoms with Crippen molar-refractivity contribution < 1.29 is 71.9 Å². The lowest BCUT2D eigenvalue weighted by Crippen LogP contribution is -2.63. The molecule has 24 heteroatoms. The number of ketones is 1. The first-order valence-corrected chi connectivity index (χ1v) is 29.1. The molecule has 0 aromatic heterocycles. The fourth-order valence-corrected chi connectivity index (χ4v) is 10.6. The molecule has 1 unspecified atom stereocenters. The smallest absolute Gasteiger partial charge is 0.409 e. The number of ether oxygens (including phenoxy) is 7. The van der Waals surface area contributed by atoms with Gasteiger partial charge in [0, 0.05) is 76.8 Å². The van der Waals surface area contributed by atoms with Crippen molar-refractivity contribution in [2.24, 2.45) is 11.1 Å². The van der Waals surface area contributed by atoms with Gasteiger partial charge in [0.1, 0.15) is 40.7 Å². The van der Waals surface area contributed by atoms with Crippen LogP contribution in [0.1, 0.15) is 65.4 Å². The molecule has 3 aliphatic rings. The number of nitrogens with zero attached hydrogens (tertiary/aromatic N) is 3. The Morgan fingerprint density at radius 2 is 1.77 bits per heavy atom. The third-order valence-electron chi connectivity index (χ3n) is 12.9. The number of likely N-dealkylation sites (N-methyl/N-ethyl adjacent to an activating group) is 1.